The quantitative estimate of drug-likeness (QED) is 0.856. The lowest BCUT2D eigenvalue weighted by atomic mass is 10.1. The largest absolute Gasteiger partial charge is 0.445 e. The van der Waals surface area contributed by atoms with Crippen LogP contribution in [0.3, 0.4) is 0 Å². The van der Waals surface area contributed by atoms with E-state index in [1.165, 1.54) is 0 Å². The van der Waals surface area contributed by atoms with Gasteiger partial charge in [0.1, 0.15) is 6.61 Å². The van der Waals surface area contributed by atoms with Crippen LogP contribution in [0.2, 0.25) is 0 Å². The zero-order valence-corrected chi connectivity index (χ0v) is 13.3. The highest BCUT2D eigenvalue weighted by Gasteiger charge is 2.30. The average Bonchev–Trinajstić information content (AvgIpc) is 3.06. The number of benzene rings is 2. The van der Waals surface area contributed by atoms with Gasteiger partial charge in [0.2, 0.25) is 0 Å². The number of nitriles is 1. The molecule has 120 valence electrons. The van der Waals surface area contributed by atoms with Crippen molar-refractivity contribution in [3.05, 3.63) is 77.9 Å². The summed E-state index contributed by atoms with van der Waals surface area (Å²) in [5, 5.41) is 9.03. The summed E-state index contributed by atoms with van der Waals surface area (Å²) in [5.74, 6) is 0. The molecule has 2 aromatic carbocycles. The lowest BCUT2D eigenvalue weighted by Crippen LogP contribution is -2.36. The Morgan fingerprint density at radius 2 is 1.79 bits per heavy atom. The maximum atomic E-state index is 12.4. The Morgan fingerprint density at radius 1 is 1.12 bits per heavy atom. The Labute approximate surface area is 141 Å². The molecular formula is C20H18N2O2. The molecule has 1 aliphatic rings. The second kappa shape index (κ2) is 7.47. The summed E-state index contributed by atoms with van der Waals surface area (Å²) in [6.45, 7) is 0.695. The average molecular weight is 318 g/mol. The van der Waals surface area contributed by atoms with Crippen LogP contribution in [0, 0.1) is 11.3 Å². The Hall–Kier alpha value is -3.06. The monoisotopic (exact) mass is 318 g/mol. The molecule has 0 spiro atoms. The molecule has 1 atom stereocenters. The van der Waals surface area contributed by atoms with Crippen LogP contribution in [0.25, 0.3) is 5.57 Å². The molecule has 1 unspecified atom stereocenters. The fourth-order valence-corrected chi connectivity index (χ4v) is 2.78. The molecule has 1 aliphatic heterocycles. The van der Waals surface area contributed by atoms with E-state index in [4.69, 9.17) is 10.00 Å². The lowest BCUT2D eigenvalue weighted by Gasteiger charge is -2.22. The van der Waals surface area contributed by atoms with E-state index in [2.05, 4.69) is 6.07 Å². The van der Waals surface area contributed by atoms with Crippen LogP contribution < -0.4 is 0 Å². The Morgan fingerprint density at radius 3 is 2.46 bits per heavy atom. The number of hydrogen-bond acceptors (Lipinski definition) is 3. The fourth-order valence-electron chi connectivity index (χ4n) is 2.78. The molecule has 3 rings (SSSR count). The van der Waals surface area contributed by atoms with Gasteiger partial charge in [-0.1, -0.05) is 66.7 Å². The number of rotatable bonds is 4. The second-order valence-corrected chi connectivity index (χ2v) is 5.66. The number of carbonyl (C=O) groups is 1. The van der Waals surface area contributed by atoms with E-state index >= 15 is 0 Å². The summed E-state index contributed by atoms with van der Waals surface area (Å²) in [5.41, 5.74) is 3.06. The summed E-state index contributed by atoms with van der Waals surface area (Å²) in [6, 6.07) is 21.4. The predicted molar refractivity (Wildman–Crippen MR) is 91.8 cm³/mol. The zero-order valence-electron chi connectivity index (χ0n) is 13.3. The van der Waals surface area contributed by atoms with Gasteiger partial charge in [0.25, 0.3) is 0 Å². The van der Waals surface area contributed by atoms with Gasteiger partial charge in [-0.05, 0) is 16.7 Å². The Balaban J connectivity index is 1.68. The van der Waals surface area contributed by atoms with E-state index in [0.717, 1.165) is 16.7 Å². The van der Waals surface area contributed by atoms with Gasteiger partial charge in [0.15, 0.2) is 0 Å². The fraction of sp³-hybridized carbons (Fsp3) is 0.200. The van der Waals surface area contributed by atoms with Crippen LogP contribution >= 0.6 is 0 Å². The predicted octanol–water partition coefficient (Wildman–Crippen LogP) is 4.00. The minimum absolute atomic E-state index is 0.232. The van der Waals surface area contributed by atoms with Crippen LogP contribution in [-0.2, 0) is 11.3 Å². The molecule has 4 heteroatoms. The van der Waals surface area contributed by atoms with Crippen molar-refractivity contribution in [3.63, 3.8) is 0 Å². The highest BCUT2D eigenvalue weighted by molar-refractivity contribution is 5.78. The van der Waals surface area contributed by atoms with Crippen molar-refractivity contribution in [1.82, 2.24) is 4.90 Å². The molecule has 0 aliphatic carbocycles. The van der Waals surface area contributed by atoms with Crippen molar-refractivity contribution in [1.29, 1.82) is 5.26 Å². The van der Waals surface area contributed by atoms with Crippen LogP contribution in [-0.4, -0.2) is 23.6 Å². The van der Waals surface area contributed by atoms with Gasteiger partial charge in [0, 0.05) is 6.54 Å². The minimum Gasteiger partial charge on any atom is -0.445 e. The first-order valence-corrected chi connectivity index (χ1v) is 7.88. The van der Waals surface area contributed by atoms with E-state index < -0.39 is 0 Å². The minimum atomic E-state index is -0.388. The van der Waals surface area contributed by atoms with Crippen molar-refractivity contribution >= 4 is 11.7 Å². The molecule has 0 N–H and O–H groups in total. The van der Waals surface area contributed by atoms with Gasteiger partial charge in [-0.2, -0.15) is 5.26 Å². The van der Waals surface area contributed by atoms with E-state index in [9.17, 15) is 4.79 Å². The van der Waals surface area contributed by atoms with Crippen molar-refractivity contribution in [2.75, 3.05) is 6.54 Å². The highest BCUT2D eigenvalue weighted by Crippen LogP contribution is 2.27. The van der Waals surface area contributed by atoms with Crippen LogP contribution in [0.15, 0.2) is 66.7 Å². The summed E-state index contributed by atoms with van der Waals surface area (Å²) < 4.78 is 5.42. The van der Waals surface area contributed by atoms with Crippen LogP contribution in [0.1, 0.15) is 17.5 Å². The maximum Gasteiger partial charge on any atom is 0.410 e. The van der Waals surface area contributed by atoms with Gasteiger partial charge in [-0.25, -0.2) is 4.79 Å². The molecule has 0 radical (unpaired) electrons. The third kappa shape index (κ3) is 3.64. The van der Waals surface area contributed by atoms with Crippen LogP contribution in [0.5, 0.6) is 0 Å². The summed E-state index contributed by atoms with van der Waals surface area (Å²) in [6.07, 6.45) is 1.86. The molecule has 0 saturated heterocycles. The molecule has 1 amide bonds. The third-order valence-corrected chi connectivity index (χ3v) is 4.02. The molecule has 0 saturated carbocycles. The van der Waals surface area contributed by atoms with E-state index in [1.54, 1.807) is 4.90 Å². The summed E-state index contributed by atoms with van der Waals surface area (Å²) >= 11 is 0. The van der Waals surface area contributed by atoms with Crippen LogP contribution in [0.4, 0.5) is 4.79 Å². The van der Waals surface area contributed by atoms with Gasteiger partial charge in [0.05, 0.1) is 18.5 Å². The lowest BCUT2D eigenvalue weighted by molar-refractivity contribution is 0.0958. The topological polar surface area (TPSA) is 53.3 Å². The number of amides is 1. The van der Waals surface area contributed by atoms with E-state index in [-0.39, 0.29) is 25.2 Å². The number of nitrogens with zero attached hydrogens (tertiary/aromatic N) is 2. The molecule has 1 heterocycles. The van der Waals surface area contributed by atoms with Crippen molar-refractivity contribution in [2.45, 2.75) is 19.1 Å². The second-order valence-electron chi connectivity index (χ2n) is 5.66. The molecule has 24 heavy (non-hydrogen) atoms. The Bertz CT molecular complexity index is 763. The first-order valence-electron chi connectivity index (χ1n) is 7.88. The SMILES string of the molecule is N#CCC1C=C(c2ccccc2)CN1C(=O)OCc1ccccc1. The van der Waals surface area contributed by atoms with Gasteiger partial charge in [-0.3, -0.25) is 4.90 Å². The number of ether oxygens (including phenoxy) is 1. The van der Waals surface area contributed by atoms with Crippen molar-refractivity contribution < 1.29 is 9.53 Å². The summed E-state index contributed by atoms with van der Waals surface area (Å²) in [4.78, 5) is 14.1. The standard InChI is InChI=1S/C20H18N2O2/c21-12-11-19-13-18(17-9-5-2-6-10-17)14-22(19)20(23)24-15-16-7-3-1-4-8-16/h1-10,13,19H,11,14-15H2. The smallest absolute Gasteiger partial charge is 0.410 e. The van der Waals surface area contributed by atoms with Crippen molar-refractivity contribution in [3.8, 4) is 6.07 Å². The third-order valence-electron chi connectivity index (χ3n) is 4.02. The maximum absolute atomic E-state index is 12.4. The molecule has 0 bridgehead atoms. The molecular weight excluding hydrogens is 300 g/mol. The molecule has 4 nitrogen and oxygen atoms in total. The summed E-state index contributed by atoms with van der Waals surface area (Å²) in [7, 11) is 0. The first kappa shape index (κ1) is 15.8. The highest BCUT2D eigenvalue weighted by atomic mass is 16.6. The Kier molecular flexibility index (Phi) is 4.93. The molecule has 0 fully saturated rings. The van der Waals surface area contributed by atoms with Gasteiger partial charge >= 0.3 is 6.09 Å². The molecule has 2 aromatic rings. The normalized spacial score (nSPS) is 16.4. The van der Waals surface area contributed by atoms with Gasteiger partial charge in [-0.15, -0.1) is 0 Å². The first-order chi connectivity index (χ1) is 11.8. The van der Waals surface area contributed by atoms with Crippen molar-refractivity contribution in [2.24, 2.45) is 0 Å². The zero-order chi connectivity index (χ0) is 16.8. The number of hydrogen-bond donors (Lipinski definition) is 0. The van der Waals surface area contributed by atoms with E-state index in [0.29, 0.717) is 6.54 Å². The molecule has 0 aromatic heterocycles. The van der Waals surface area contributed by atoms with Gasteiger partial charge < -0.3 is 4.74 Å². The number of carbonyl (C=O) groups excluding carboxylic acids is 1. The van der Waals surface area contributed by atoms with E-state index in [1.807, 2.05) is 66.7 Å².